The third-order valence-electron chi connectivity index (χ3n) is 3.87. The summed E-state index contributed by atoms with van der Waals surface area (Å²) in [5.74, 6) is -0.456. The largest absolute Gasteiger partial charge is 0.456 e. The Morgan fingerprint density at radius 2 is 2.08 bits per heavy atom. The van der Waals surface area contributed by atoms with Crippen LogP contribution in [-0.2, 0) is 22.7 Å². The highest BCUT2D eigenvalue weighted by atomic mass is 16.5. The molecule has 2 rings (SSSR count). The number of aryl methyl sites for hydroxylation is 2. The molecule has 0 saturated carbocycles. The second kappa shape index (κ2) is 9.07. The Labute approximate surface area is 152 Å². The normalized spacial score (nSPS) is 12.0. The molecule has 0 aliphatic carbocycles. The lowest BCUT2D eigenvalue weighted by Crippen LogP contribution is -2.45. The molecule has 1 aromatic heterocycles. The minimum Gasteiger partial charge on any atom is -0.456 e. The Hall–Kier alpha value is -2.77. The summed E-state index contributed by atoms with van der Waals surface area (Å²) >= 11 is 0. The lowest BCUT2D eigenvalue weighted by molar-refractivity contribution is -0.148. The van der Waals surface area contributed by atoms with E-state index in [0.29, 0.717) is 17.9 Å². The van der Waals surface area contributed by atoms with Gasteiger partial charge in [-0.1, -0.05) is 38.5 Å². The van der Waals surface area contributed by atoms with Gasteiger partial charge < -0.3 is 10.1 Å². The number of benzene rings is 1. The van der Waals surface area contributed by atoms with Gasteiger partial charge in [0.25, 0.3) is 5.91 Å². The predicted molar refractivity (Wildman–Crippen MR) is 95.2 cm³/mol. The molecule has 1 atom stereocenters. The van der Waals surface area contributed by atoms with Gasteiger partial charge in [0, 0.05) is 12.1 Å². The summed E-state index contributed by atoms with van der Waals surface area (Å²) in [7, 11) is 0. The quantitative estimate of drug-likeness (QED) is 0.723. The monoisotopic (exact) mass is 359 g/mol. The van der Waals surface area contributed by atoms with E-state index in [-0.39, 0.29) is 18.4 Å². The molecule has 1 amide bonds. The zero-order valence-electron chi connectivity index (χ0n) is 15.6. The van der Waals surface area contributed by atoms with E-state index in [0.717, 1.165) is 12.0 Å². The maximum absolute atomic E-state index is 12.5. The number of rotatable bonds is 8. The number of ether oxygens (including phenoxy) is 1. The number of amides is 1. The minimum atomic E-state index is -0.751. The molecule has 0 aliphatic heterocycles. The first-order valence-corrected chi connectivity index (χ1v) is 8.71. The van der Waals surface area contributed by atoms with E-state index in [1.165, 1.54) is 0 Å². The topological polar surface area (TPSA) is 99.0 Å². The number of nitrogens with one attached hydrogen (secondary N) is 1. The van der Waals surface area contributed by atoms with Crippen LogP contribution in [0, 0.1) is 12.8 Å². The van der Waals surface area contributed by atoms with E-state index in [1.807, 2.05) is 33.8 Å². The van der Waals surface area contributed by atoms with Crippen LogP contribution in [0.2, 0.25) is 0 Å². The maximum atomic E-state index is 12.5. The standard InChI is InChI=1S/C18H25N5O3/c1-5-9-23-15(20-21-22-23)11-26-18(25)16(12(2)3)19-17(24)14-8-6-7-13(4)10-14/h6-8,10,12,16H,5,9,11H2,1-4H3,(H,19,24)/t16-/m0/s1. The zero-order valence-corrected chi connectivity index (χ0v) is 15.6. The van der Waals surface area contributed by atoms with Crippen molar-refractivity contribution in [2.24, 2.45) is 5.92 Å². The SMILES string of the molecule is CCCn1nnnc1COC(=O)[C@@H](NC(=O)c1cccc(C)c1)C(C)C. The smallest absolute Gasteiger partial charge is 0.329 e. The van der Waals surface area contributed by atoms with Crippen LogP contribution in [0.5, 0.6) is 0 Å². The molecule has 8 heteroatoms. The number of aromatic nitrogens is 4. The van der Waals surface area contributed by atoms with Crippen LogP contribution in [0.15, 0.2) is 24.3 Å². The number of hydrogen-bond acceptors (Lipinski definition) is 6. The van der Waals surface area contributed by atoms with Gasteiger partial charge in [-0.05, 0) is 41.8 Å². The van der Waals surface area contributed by atoms with Crippen molar-refractivity contribution in [1.29, 1.82) is 0 Å². The molecule has 2 aromatic rings. The van der Waals surface area contributed by atoms with Gasteiger partial charge in [-0.3, -0.25) is 4.79 Å². The molecule has 8 nitrogen and oxygen atoms in total. The number of carbonyl (C=O) groups is 2. The first-order chi connectivity index (χ1) is 12.4. The van der Waals surface area contributed by atoms with Gasteiger partial charge in [0.1, 0.15) is 6.04 Å². The highest BCUT2D eigenvalue weighted by Gasteiger charge is 2.26. The Morgan fingerprint density at radius 1 is 1.31 bits per heavy atom. The molecule has 0 spiro atoms. The van der Waals surface area contributed by atoms with Crippen LogP contribution in [0.3, 0.4) is 0 Å². The number of hydrogen-bond donors (Lipinski definition) is 1. The molecule has 0 radical (unpaired) electrons. The fourth-order valence-corrected chi connectivity index (χ4v) is 2.45. The molecule has 140 valence electrons. The Balaban J connectivity index is 2.00. The Bertz CT molecular complexity index is 757. The molecular formula is C18H25N5O3. The Kier molecular flexibility index (Phi) is 6.82. The van der Waals surface area contributed by atoms with Crippen molar-refractivity contribution < 1.29 is 14.3 Å². The molecule has 26 heavy (non-hydrogen) atoms. The summed E-state index contributed by atoms with van der Waals surface area (Å²) in [6, 6.07) is 6.45. The summed E-state index contributed by atoms with van der Waals surface area (Å²) in [6.07, 6.45) is 0.868. The average Bonchev–Trinajstić information content (AvgIpc) is 3.04. The van der Waals surface area contributed by atoms with Crippen LogP contribution in [0.1, 0.15) is 48.9 Å². The minimum absolute atomic E-state index is 0.0324. The summed E-state index contributed by atoms with van der Waals surface area (Å²) in [4.78, 5) is 24.9. The second-order valence-electron chi connectivity index (χ2n) is 6.49. The number of nitrogens with zero attached hydrogens (tertiary/aromatic N) is 4. The lowest BCUT2D eigenvalue weighted by Gasteiger charge is -2.21. The number of tetrazole rings is 1. The predicted octanol–water partition coefficient (Wildman–Crippen LogP) is 1.89. The molecule has 0 fully saturated rings. The van der Waals surface area contributed by atoms with Crippen LogP contribution >= 0.6 is 0 Å². The van der Waals surface area contributed by atoms with E-state index >= 15 is 0 Å². The second-order valence-corrected chi connectivity index (χ2v) is 6.49. The van der Waals surface area contributed by atoms with Crippen LogP contribution in [0.4, 0.5) is 0 Å². The van der Waals surface area contributed by atoms with Crippen molar-refractivity contribution in [2.45, 2.75) is 53.3 Å². The zero-order chi connectivity index (χ0) is 19.1. The van der Waals surface area contributed by atoms with E-state index in [2.05, 4.69) is 20.8 Å². The summed E-state index contributed by atoms with van der Waals surface area (Å²) in [5, 5.41) is 14.1. The Morgan fingerprint density at radius 3 is 2.73 bits per heavy atom. The van der Waals surface area contributed by atoms with E-state index in [1.54, 1.807) is 22.9 Å². The van der Waals surface area contributed by atoms with Gasteiger partial charge in [-0.2, -0.15) is 0 Å². The van der Waals surface area contributed by atoms with Crippen molar-refractivity contribution in [2.75, 3.05) is 0 Å². The van der Waals surface area contributed by atoms with Crippen molar-refractivity contribution in [3.63, 3.8) is 0 Å². The highest BCUT2D eigenvalue weighted by Crippen LogP contribution is 2.09. The summed E-state index contributed by atoms with van der Waals surface area (Å²) < 4.78 is 6.94. The van der Waals surface area contributed by atoms with Crippen LogP contribution in [-0.4, -0.2) is 38.1 Å². The first-order valence-electron chi connectivity index (χ1n) is 8.71. The fourth-order valence-electron chi connectivity index (χ4n) is 2.45. The van der Waals surface area contributed by atoms with Gasteiger partial charge in [-0.25, -0.2) is 9.48 Å². The van der Waals surface area contributed by atoms with Crippen LogP contribution < -0.4 is 5.32 Å². The molecule has 0 saturated heterocycles. The third kappa shape index (κ3) is 5.11. The van der Waals surface area contributed by atoms with Crippen LogP contribution in [0.25, 0.3) is 0 Å². The van der Waals surface area contributed by atoms with Crippen molar-refractivity contribution >= 4 is 11.9 Å². The van der Waals surface area contributed by atoms with Gasteiger partial charge in [-0.15, -0.1) is 5.10 Å². The highest BCUT2D eigenvalue weighted by molar-refractivity contribution is 5.97. The first kappa shape index (κ1) is 19.6. The van der Waals surface area contributed by atoms with Gasteiger partial charge in [0.2, 0.25) is 0 Å². The lowest BCUT2D eigenvalue weighted by atomic mass is 10.0. The van der Waals surface area contributed by atoms with Gasteiger partial charge in [0.15, 0.2) is 12.4 Å². The summed E-state index contributed by atoms with van der Waals surface area (Å²) in [5.41, 5.74) is 1.49. The van der Waals surface area contributed by atoms with E-state index in [9.17, 15) is 9.59 Å². The molecular weight excluding hydrogens is 334 g/mol. The third-order valence-corrected chi connectivity index (χ3v) is 3.87. The van der Waals surface area contributed by atoms with Gasteiger partial charge >= 0.3 is 5.97 Å². The average molecular weight is 359 g/mol. The molecule has 0 bridgehead atoms. The molecule has 1 aromatic carbocycles. The van der Waals surface area contributed by atoms with Crippen molar-refractivity contribution in [1.82, 2.24) is 25.5 Å². The molecule has 1 N–H and O–H groups in total. The number of carbonyl (C=O) groups excluding carboxylic acids is 2. The maximum Gasteiger partial charge on any atom is 0.329 e. The van der Waals surface area contributed by atoms with Crippen molar-refractivity contribution in [3.05, 3.63) is 41.2 Å². The van der Waals surface area contributed by atoms with E-state index in [4.69, 9.17) is 4.74 Å². The van der Waals surface area contributed by atoms with Gasteiger partial charge in [0.05, 0.1) is 0 Å². The fraction of sp³-hybridized carbons (Fsp3) is 0.500. The van der Waals surface area contributed by atoms with E-state index < -0.39 is 12.0 Å². The van der Waals surface area contributed by atoms with Crippen molar-refractivity contribution in [3.8, 4) is 0 Å². The molecule has 0 unspecified atom stereocenters. The number of esters is 1. The summed E-state index contributed by atoms with van der Waals surface area (Å²) in [6.45, 7) is 8.23. The molecule has 1 heterocycles. The molecule has 0 aliphatic rings.